The minimum Gasteiger partial charge on any atom is -0.452 e. The molecule has 11 heteroatoms. The number of ether oxygens (including phenoxy) is 1. The van der Waals surface area contributed by atoms with E-state index in [-0.39, 0.29) is 23.7 Å². The third kappa shape index (κ3) is 5.26. The molecule has 170 valence electrons. The van der Waals surface area contributed by atoms with E-state index in [1.54, 1.807) is 18.2 Å². The normalized spacial score (nSPS) is 16.0. The van der Waals surface area contributed by atoms with Gasteiger partial charge in [-0.05, 0) is 19.1 Å². The lowest BCUT2D eigenvalue weighted by Gasteiger charge is -2.12. The summed E-state index contributed by atoms with van der Waals surface area (Å²) in [5.74, 6) is -0.941. The van der Waals surface area contributed by atoms with Crippen molar-refractivity contribution in [2.24, 2.45) is 4.99 Å². The number of fused-ring (bicyclic) bond motifs is 1. The summed E-state index contributed by atoms with van der Waals surface area (Å²) in [5, 5.41) is 4.88. The average molecular weight is 485 g/mol. The van der Waals surface area contributed by atoms with Crippen molar-refractivity contribution in [1.29, 1.82) is 0 Å². The van der Waals surface area contributed by atoms with Crippen LogP contribution in [0.2, 0.25) is 0 Å². The fourth-order valence-corrected chi connectivity index (χ4v) is 5.07. The molecule has 2 heterocycles. The summed E-state index contributed by atoms with van der Waals surface area (Å²) < 4.78 is 31.7. The van der Waals surface area contributed by atoms with Gasteiger partial charge in [0.2, 0.25) is 0 Å². The van der Waals surface area contributed by atoms with Crippen LogP contribution in [0.15, 0.2) is 69.9 Å². The van der Waals surface area contributed by atoms with Crippen molar-refractivity contribution in [1.82, 2.24) is 9.71 Å². The second-order valence-electron chi connectivity index (χ2n) is 7.11. The number of rotatable bonds is 7. The molecule has 1 aliphatic heterocycles. The molecular weight excluding hydrogens is 464 g/mol. The summed E-state index contributed by atoms with van der Waals surface area (Å²) >= 11 is 1.27. The number of anilines is 1. The topological polar surface area (TPSA) is 127 Å². The molecule has 1 aromatic heterocycles. The van der Waals surface area contributed by atoms with Crippen LogP contribution in [0.5, 0.6) is 0 Å². The van der Waals surface area contributed by atoms with Crippen molar-refractivity contribution < 1.29 is 22.7 Å². The Kier molecular flexibility index (Phi) is 6.52. The summed E-state index contributed by atoms with van der Waals surface area (Å²) in [4.78, 5) is 33.2. The van der Waals surface area contributed by atoms with E-state index in [9.17, 15) is 18.0 Å². The second kappa shape index (κ2) is 9.51. The number of amidine groups is 1. The van der Waals surface area contributed by atoms with Crippen LogP contribution in [0, 0.1) is 0 Å². The molecule has 0 aliphatic carbocycles. The molecule has 33 heavy (non-hydrogen) atoms. The highest BCUT2D eigenvalue weighted by molar-refractivity contribution is 7.90. The number of carbonyl (C=O) groups is 2. The number of sulfonamides is 1. The van der Waals surface area contributed by atoms with Gasteiger partial charge in [0.25, 0.3) is 15.9 Å². The Labute approximate surface area is 194 Å². The highest BCUT2D eigenvalue weighted by Crippen LogP contribution is 2.25. The molecule has 0 bridgehead atoms. The number of thiazole rings is 1. The smallest absolute Gasteiger partial charge is 0.308 e. The standard InChI is InChI=1S/C22H20N4O5S2/c1-14(21(28)25-22-24-17(13-32-22)15-7-3-2-4-8-15)31-19(27)11-12-23-20-16-9-5-6-10-18(16)33(29,30)26-20/h2-10,13-14H,11-12H2,1H3,(H,23,26)(H,24,25,28). The SMILES string of the molecule is CC(OC(=O)CCN=C1NS(=O)(=O)c2ccccc21)C(=O)Nc1nc(-c2ccccc2)cs1. The number of aliphatic imine (C=N–C) groups is 1. The first-order valence-electron chi connectivity index (χ1n) is 10.0. The van der Waals surface area contributed by atoms with Gasteiger partial charge in [0.1, 0.15) is 5.84 Å². The molecule has 0 radical (unpaired) electrons. The monoisotopic (exact) mass is 484 g/mol. The first-order chi connectivity index (χ1) is 15.8. The van der Waals surface area contributed by atoms with Crippen molar-refractivity contribution in [3.05, 3.63) is 65.5 Å². The van der Waals surface area contributed by atoms with E-state index in [4.69, 9.17) is 4.74 Å². The number of hydrogen-bond acceptors (Lipinski definition) is 8. The van der Waals surface area contributed by atoms with Crippen LogP contribution in [0.4, 0.5) is 5.13 Å². The minimum absolute atomic E-state index is 0.00623. The average Bonchev–Trinajstić information content (AvgIpc) is 3.37. The maximum Gasteiger partial charge on any atom is 0.308 e. The zero-order valence-electron chi connectivity index (χ0n) is 17.5. The Hall–Kier alpha value is -3.57. The van der Waals surface area contributed by atoms with E-state index in [0.29, 0.717) is 10.7 Å². The van der Waals surface area contributed by atoms with E-state index in [1.165, 1.54) is 24.3 Å². The molecular formula is C22H20N4O5S2. The molecule has 0 saturated carbocycles. The number of hydrogen-bond donors (Lipinski definition) is 2. The van der Waals surface area contributed by atoms with Crippen LogP contribution in [0.1, 0.15) is 18.9 Å². The number of carbonyl (C=O) groups excluding carboxylic acids is 2. The van der Waals surface area contributed by atoms with Crippen LogP contribution in [-0.4, -0.2) is 43.8 Å². The number of aromatic nitrogens is 1. The molecule has 0 saturated heterocycles. The quantitative estimate of drug-likeness (QED) is 0.497. The largest absolute Gasteiger partial charge is 0.452 e. The van der Waals surface area contributed by atoms with Gasteiger partial charge in [0.05, 0.1) is 23.6 Å². The van der Waals surface area contributed by atoms with Gasteiger partial charge in [-0.3, -0.25) is 24.6 Å². The lowest BCUT2D eigenvalue weighted by molar-refractivity contribution is -0.152. The highest BCUT2D eigenvalue weighted by Gasteiger charge is 2.30. The molecule has 9 nitrogen and oxygen atoms in total. The van der Waals surface area contributed by atoms with Crippen molar-refractivity contribution >= 4 is 44.2 Å². The molecule has 0 fully saturated rings. The number of benzene rings is 2. The first-order valence-corrected chi connectivity index (χ1v) is 12.4. The molecule has 1 aliphatic rings. The predicted molar refractivity (Wildman–Crippen MR) is 125 cm³/mol. The number of amides is 1. The number of nitrogens with zero attached hydrogens (tertiary/aromatic N) is 2. The molecule has 2 N–H and O–H groups in total. The van der Waals surface area contributed by atoms with E-state index in [0.717, 1.165) is 11.3 Å². The predicted octanol–water partition coefficient (Wildman–Crippen LogP) is 2.81. The number of esters is 1. The third-order valence-electron chi connectivity index (χ3n) is 4.73. The summed E-state index contributed by atoms with van der Waals surface area (Å²) in [6, 6.07) is 16.0. The second-order valence-corrected chi connectivity index (χ2v) is 9.62. The Balaban J connectivity index is 1.28. The van der Waals surface area contributed by atoms with Gasteiger partial charge in [-0.1, -0.05) is 42.5 Å². The molecule has 1 unspecified atom stereocenters. The molecule has 1 amide bonds. The van der Waals surface area contributed by atoms with E-state index >= 15 is 0 Å². The Morgan fingerprint density at radius 1 is 1.15 bits per heavy atom. The van der Waals surface area contributed by atoms with Crippen LogP contribution in [0.3, 0.4) is 0 Å². The van der Waals surface area contributed by atoms with Gasteiger partial charge in [-0.25, -0.2) is 13.4 Å². The fourth-order valence-electron chi connectivity index (χ4n) is 3.10. The van der Waals surface area contributed by atoms with Crippen LogP contribution < -0.4 is 10.0 Å². The fraction of sp³-hybridized carbons (Fsp3) is 0.182. The van der Waals surface area contributed by atoms with E-state index < -0.39 is 28.0 Å². The summed E-state index contributed by atoms with van der Waals surface area (Å²) in [6.07, 6.45) is -1.14. The maximum atomic E-state index is 12.4. The highest BCUT2D eigenvalue weighted by atomic mass is 32.2. The summed E-state index contributed by atoms with van der Waals surface area (Å²) in [7, 11) is -3.64. The third-order valence-corrected chi connectivity index (χ3v) is 6.88. The van der Waals surface area contributed by atoms with Gasteiger partial charge < -0.3 is 4.74 Å². The summed E-state index contributed by atoms with van der Waals surface area (Å²) in [6.45, 7) is 1.47. The molecule has 0 spiro atoms. The van der Waals surface area contributed by atoms with Gasteiger partial charge in [-0.15, -0.1) is 11.3 Å². The lowest BCUT2D eigenvalue weighted by Crippen LogP contribution is -2.30. The Morgan fingerprint density at radius 3 is 2.67 bits per heavy atom. The van der Waals surface area contributed by atoms with E-state index in [1.807, 2.05) is 35.7 Å². The molecule has 4 rings (SSSR count). The summed E-state index contributed by atoms with van der Waals surface area (Å²) in [5.41, 5.74) is 2.13. The first kappa shape index (κ1) is 22.6. The van der Waals surface area contributed by atoms with Crippen molar-refractivity contribution in [3.8, 4) is 11.3 Å². The van der Waals surface area contributed by atoms with Crippen LogP contribution in [-0.2, 0) is 24.3 Å². The lowest BCUT2D eigenvalue weighted by atomic mass is 10.2. The molecule has 3 aromatic rings. The van der Waals surface area contributed by atoms with Gasteiger partial charge in [0, 0.05) is 16.5 Å². The zero-order chi connectivity index (χ0) is 23.4. The number of nitrogens with one attached hydrogen (secondary N) is 2. The van der Waals surface area contributed by atoms with Gasteiger partial charge >= 0.3 is 5.97 Å². The zero-order valence-corrected chi connectivity index (χ0v) is 19.2. The minimum atomic E-state index is -3.64. The van der Waals surface area contributed by atoms with Crippen LogP contribution in [0.25, 0.3) is 11.3 Å². The van der Waals surface area contributed by atoms with Gasteiger partial charge in [-0.2, -0.15) is 0 Å². The van der Waals surface area contributed by atoms with Crippen molar-refractivity contribution in [3.63, 3.8) is 0 Å². The van der Waals surface area contributed by atoms with E-state index in [2.05, 4.69) is 20.0 Å². The Bertz CT molecular complexity index is 1320. The molecule has 2 aromatic carbocycles. The van der Waals surface area contributed by atoms with Gasteiger partial charge in [0.15, 0.2) is 11.2 Å². The Morgan fingerprint density at radius 2 is 1.88 bits per heavy atom. The van der Waals surface area contributed by atoms with Crippen molar-refractivity contribution in [2.45, 2.75) is 24.3 Å². The molecule has 1 atom stereocenters. The maximum absolute atomic E-state index is 12.4. The van der Waals surface area contributed by atoms with Crippen LogP contribution >= 0.6 is 11.3 Å². The van der Waals surface area contributed by atoms with Crippen molar-refractivity contribution in [2.75, 3.05) is 11.9 Å².